The molecule has 0 aliphatic carbocycles. The van der Waals surface area contributed by atoms with Crippen LogP contribution in [-0.4, -0.2) is 6.29 Å². The molecule has 1 aromatic rings. The minimum absolute atomic E-state index is 0.154. The molecule has 0 spiro atoms. The number of carbonyl (C=O) groups excluding carboxylic acids is 1. The van der Waals surface area contributed by atoms with Crippen LogP contribution in [0.5, 0.6) is 0 Å². The zero-order chi connectivity index (χ0) is 14.1. The van der Waals surface area contributed by atoms with E-state index in [1.165, 1.54) is 0 Å². The monoisotopic (exact) mass is 290 g/mol. The molecule has 1 rings (SSSR count). The fraction of sp³-hybridized carbons (Fsp3) is 0.300. The number of benzene rings is 1. The highest BCUT2D eigenvalue weighted by atomic mass is 35.5. The Bertz CT molecular complexity index is 463. The first kappa shape index (κ1) is 14.8. The summed E-state index contributed by atoms with van der Waals surface area (Å²) < 4.78 is 75.6. The molecule has 0 N–H and O–H groups in total. The number of hydrogen-bond acceptors (Lipinski definition) is 1. The van der Waals surface area contributed by atoms with Crippen molar-refractivity contribution in [2.45, 2.75) is 18.2 Å². The number of hydrogen-bond donors (Lipinski definition) is 0. The molecule has 0 saturated heterocycles. The van der Waals surface area contributed by atoms with Gasteiger partial charge in [-0.2, -0.15) is 26.3 Å². The van der Waals surface area contributed by atoms with Gasteiger partial charge in [-0.3, -0.25) is 4.79 Å². The number of alkyl halides is 7. The second kappa shape index (κ2) is 4.79. The maximum absolute atomic E-state index is 12.7. The van der Waals surface area contributed by atoms with Crippen LogP contribution in [0.15, 0.2) is 12.1 Å². The molecule has 0 aliphatic heterocycles. The molecule has 0 unspecified atom stereocenters. The van der Waals surface area contributed by atoms with Crippen LogP contribution in [0.1, 0.15) is 27.0 Å². The van der Waals surface area contributed by atoms with Gasteiger partial charge in [-0.1, -0.05) is 6.07 Å². The number of rotatable bonds is 2. The third kappa shape index (κ3) is 2.77. The van der Waals surface area contributed by atoms with E-state index in [1.54, 1.807) is 0 Å². The lowest BCUT2D eigenvalue weighted by Crippen LogP contribution is -2.18. The Morgan fingerprint density at radius 3 is 1.94 bits per heavy atom. The van der Waals surface area contributed by atoms with E-state index in [-0.39, 0.29) is 6.29 Å². The summed E-state index contributed by atoms with van der Waals surface area (Å²) in [5.74, 6) is -0.995. The molecule has 100 valence electrons. The number of halogens is 7. The van der Waals surface area contributed by atoms with Gasteiger partial charge in [0, 0.05) is 11.4 Å². The highest BCUT2D eigenvalue weighted by Crippen LogP contribution is 2.41. The molecule has 8 heteroatoms. The molecule has 0 radical (unpaired) electrons. The summed E-state index contributed by atoms with van der Waals surface area (Å²) in [6.45, 7) is 0. The third-order valence-corrected chi connectivity index (χ3v) is 2.46. The Hall–Kier alpha value is -1.24. The summed E-state index contributed by atoms with van der Waals surface area (Å²) in [4.78, 5) is 10.5. The summed E-state index contributed by atoms with van der Waals surface area (Å²) in [6, 6.07) is 0.894. The molecule has 1 aromatic carbocycles. The lowest BCUT2D eigenvalue weighted by atomic mass is 9.96. The Morgan fingerprint density at radius 1 is 1.06 bits per heavy atom. The van der Waals surface area contributed by atoms with Crippen LogP contribution in [0, 0.1) is 0 Å². The molecule has 0 aliphatic rings. The lowest BCUT2D eigenvalue weighted by molar-refractivity contribution is -0.144. The van der Waals surface area contributed by atoms with Crippen LogP contribution in [0.25, 0.3) is 0 Å². The van der Waals surface area contributed by atoms with Gasteiger partial charge in [0.25, 0.3) is 0 Å². The van der Waals surface area contributed by atoms with Crippen LogP contribution in [0.4, 0.5) is 26.3 Å². The molecule has 1 nitrogen and oxygen atoms in total. The van der Waals surface area contributed by atoms with Crippen LogP contribution < -0.4 is 0 Å². The topological polar surface area (TPSA) is 17.1 Å². The van der Waals surface area contributed by atoms with Crippen molar-refractivity contribution in [2.24, 2.45) is 0 Å². The van der Waals surface area contributed by atoms with Crippen molar-refractivity contribution in [3.8, 4) is 0 Å². The van der Waals surface area contributed by atoms with Crippen LogP contribution in [0.3, 0.4) is 0 Å². The van der Waals surface area contributed by atoms with E-state index in [4.69, 9.17) is 11.6 Å². The Morgan fingerprint density at radius 2 is 1.61 bits per heavy atom. The minimum atomic E-state index is -5.08. The van der Waals surface area contributed by atoms with E-state index >= 15 is 0 Å². The molecule has 0 aromatic heterocycles. The van der Waals surface area contributed by atoms with E-state index in [2.05, 4.69) is 0 Å². The van der Waals surface area contributed by atoms with Crippen molar-refractivity contribution in [1.82, 2.24) is 0 Å². The first-order valence-electron chi connectivity index (χ1n) is 4.44. The average molecular weight is 291 g/mol. The van der Waals surface area contributed by atoms with Gasteiger partial charge in [-0.05, 0) is 11.6 Å². The SMILES string of the molecule is O=Cc1ccc(C(F)(F)F)c(CCl)c1C(F)(F)F. The van der Waals surface area contributed by atoms with Crippen molar-refractivity contribution in [3.05, 3.63) is 34.4 Å². The fourth-order valence-electron chi connectivity index (χ4n) is 1.50. The Kier molecular flexibility index (Phi) is 3.95. The summed E-state index contributed by atoms with van der Waals surface area (Å²) >= 11 is 5.16. The first-order chi connectivity index (χ1) is 8.12. The van der Waals surface area contributed by atoms with Crippen molar-refractivity contribution in [2.75, 3.05) is 0 Å². The normalized spacial score (nSPS) is 12.6. The molecule has 0 atom stereocenters. The first-order valence-corrected chi connectivity index (χ1v) is 4.97. The predicted molar refractivity (Wildman–Crippen MR) is 51.4 cm³/mol. The lowest BCUT2D eigenvalue weighted by Gasteiger charge is -2.18. The van der Waals surface area contributed by atoms with Gasteiger partial charge in [0.2, 0.25) is 0 Å². The summed E-state index contributed by atoms with van der Waals surface area (Å²) in [6.07, 6.45) is -10.2. The molecule has 0 amide bonds. The fourth-order valence-corrected chi connectivity index (χ4v) is 1.78. The highest BCUT2D eigenvalue weighted by Gasteiger charge is 2.42. The Balaban J connectivity index is 3.69. The van der Waals surface area contributed by atoms with Gasteiger partial charge in [-0.25, -0.2) is 0 Å². The third-order valence-electron chi connectivity index (χ3n) is 2.19. The van der Waals surface area contributed by atoms with Gasteiger partial charge in [0.15, 0.2) is 6.29 Å². The van der Waals surface area contributed by atoms with E-state index in [0.717, 1.165) is 0 Å². The predicted octanol–water partition coefficient (Wildman–Crippen LogP) is 4.28. The number of carbonyl (C=O) groups is 1. The summed E-state index contributed by atoms with van der Waals surface area (Å²) in [7, 11) is 0. The highest BCUT2D eigenvalue weighted by molar-refractivity contribution is 6.17. The minimum Gasteiger partial charge on any atom is -0.298 e. The second-order valence-corrected chi connectivity index (χ2v) is 3.57. The van der Waals surface area contributed by atoms with Crippen molar-refractivity contribution in [3.63, 3.8) is 0 Å². The molecular formula is C10H5ClF6O. The van der Waals surface area contributed by atoms with Crippen LogP contribution >= 0.6 is 11.6 Å². The van der Waals surface area contributed by atoms with Crippen LogP contribution in [0.2, 0.25) is 0 Å². The molecule has 0 fully saturated rings. The van der Waals surface area contributed by atoms with Crippen molar-refractivity contribution < 1.29 is 31.1 Å². The standard InChI is InChI=1S/C10H5ClF6O/c11-3-6-7(9(12,13)14)2-1-5(4-18)8(6)10(15,16)17/h1-2,4H,3H2. The van der Waals surface area contributed by atoms with Crippen molar-refractivity contribution in [1.29, 1.82) is 0 Å². The van der Waals surface area contributed by atoms with Gasteiger partial charge in [0.05, 0.1) is 11.1 Å². The molecule has 18 heavy (non-hydrogen) atoms. The number of aldehydes is 1. The summed E-state index contributed by atoms with van der Waals surface area (Å²) in [5, 5.41) is 0. The quantitative estimate of drug-likeness (QED) is 0.451. The van der Waals surface area contributed by atoms with Gasteiger partial charge in [-0.15, -0.1) is 11.6 Å². The van der Waals surface area contributed by atoms with Gasteiger partial charge >= 0.3 is 12.4 Å². The Labute approximate surface area is 102 Å². The average Bonchev–Trinajstić information content (AvgIpc) is 2.24. The zero-order valence-electron chi connectivity index (χ0n) is 8.49. The van der Waals surface area contributed by atoms with E-state index in [9.17, 15) is 31.1 Å². The zero-order valence-corrected chi connectivity index (χ0v) is 9.25. The smallest absolute Gasteiger partial charge is 0.298 e. The summed E-state index contributed by atoms with van der Waals surface area (Å²) in [5.41, 5.74) is -5.13. The maximum atomic E-state index is 12.7. The molecular weight excluding hydrogens is 286 g/mol. The van der Waals surface area contributed by atoms with E-state index in [0.29, 0.717) is 12.1 Å². The van der Waals surface area contributed by atoms with Gasteiger partial charge < -0.3 is 0 Å². The molecule has 0 bridgehead atoms. The van der Waals surface area contributed by atoms with Gasteiger partial charge in [0.1, 0.15) is 0 Å². The molecule has 0 heterocycles. The van der Waals surface area contributed by atoms with E-state index in [1.807, 2.05) is 0 Å². The largest absolute Gasteiger partial charge is 0.417 e. The van der Waals surface area contributed by atoms with Crippen molar-refractivity contribution >= 4 is 17.9 Å². The maximum Gasteiger partial charge on any atom is 0.417 e. The second-order valence-electron chi connectivity index (χ2n) is 3.30. The molecule has 0 saturated carbocycles. The van der Waals surface area contributed by atoms with E-state index < -0.39 is 40.5 Å². The van der Waals surface area contributed by atoms with Crippen LogP contribution in [-0.2, 0) is 18.2 Å².